The fourth-order valence-corrected chi connectivity index (χ4v) is 3.02. The minimum absolute atomic E-state index is 0.135. The van der Waals surface area contributed by atoms with Gasteiger partial charge >= 0.3 is 0 Å². The lowest BCUT2D eigenvalue weighted by Gasteiger charge is -2.08. The van der Waals surface area contributed by atoms with Gasteiger partial charge in [-0.1, -0.05) is 12.1 Å². The van der Waals surface area contributed by atoms with Gasteiger partial charge in [0.05, 0.1) is 0 Å². The zero-order valence-corrected chi connectivity index (χ0v) is 12.3. The third-order valence-electron chi connectivity index (χ3n) is 2.81. The molecule has 0 radical (unpaired) electrons. The van der Waals surface area contributed by atoms with E-state index in [2.05, 4.69) is 0 Å². The van der Waals surface area contributed by atoms with E-state index in [4.69, 9.17) is 9.11 Å². The van der Waals surface area contributed by atoms with Crippen molar-refractivity contribution in [2.45, 2.75) is 9.79 Å². The summed E-state index contributed by atoms with van der Waals surface area (Å²) in [4.78, 5) is -1.52. The lowest BCUT2D eigenvalue weighted by atomic mass is 10.1. The summed E-state index contributed by atoms with van der Waals surface area (Å²) in [5, 5.41) is 18.9. The SMILES string of the molecule is O=S(=O)(O)c1cc(-c2ccc(O)c(S(=O)(=O)O)c2)ccc1O. The van der Waals surface area contributed by atoms with Crippen LogP contribution in [0.4, 0.5) is 0 Å². The molecule has 0 atom stereocenters. The molecule has 10 heteroatoms. The average Bonchev–Trinajstić information content (AvgIpc) is 2.37. The Morgan fingerprint density at radius 3 is 1.23 bits per heavy atom. The Morgan fingerprint density at radius 1 is 0.636 bits per heavy atom. The van der Waals surface area contributed by atoms with Gasteiger partial charge in [0.2, 0.25) is 0 Å². The molecule has 0 fully saturated rings. The van der Waals surface area contributed by atoms with Crippen LogP contribution in [0.3, 0.4) is 0 Å². The molecule has 8 nitrogen and oxygen atoms in total. The van der Waals surface area contributed by atoms with Crippen LogP contribution >= 0.6 is 0 Å². The van der Waals surface area contributed by atoms with Gasteiger partial charge in [-0.2, -0.15) is 16.8 Å². The van der Waals surface area contributed by atoms with E-state index in [0.717, 1.165) is 24.3 Å². The molecule has 2 rings (SSSR count). The molecule has 4 N–H and O–H groups in total. The third-order valence-corrected chi connectivity index (χ3v) is 4.57. The van der Waals surface area contributed by atoms with E-state index < -0.39 is 41.5 Å². The van der Waals surface area contributed by atoms with Crippen LogP contribution in [-0.2, 0) is 20.2 Å². The van der Waals surface area contributed by atoms with Crippen LogP contribution < -0.4 is 0 Å². The Bertz CT molecular complexity index is 866. The van der Waals surface area contributed by atoms with Crippen molar-refractivity contribution in [3.63, 3.8) is 0 Å². The molecule has 0 unspecified atom stereocenters. The summed E-state index contributed by atoms with van der Waals surface area (Å²) < 4.78 is 62.6. The molecule has 0 aliphatic heterocycles. The van der Waals surface area contributed by atoms with Crippen LogP contribution in [0, 0.1) is 0 Å². The Morgan fingerprint density at radius 2 is 0.955 bits per heavy atom. The number of hydrogen-bond donors (Lipinski definition) is 4. The number of benzene rings is 2. The highest BCUT2D eigenvalue weighted by atomic mass is 32.2. The molecule has 0 spiro atoms. The number of hydrogen-bond acceptors (Lipinski definition) is 6. The Labute approximate surface area is 125 Å². The van der Waals surface area contributed by atoms with Crippen molar-refractivity contribution in [2.24, 2.45) is 0 Å². The summed E-state index contributed by atoms with van der Waals surface area (Å²) in [6.45, 7) is 0. The molecule has 0 aliphatic carbocycles. The minimum atomic E-state index is -4.68. The summed E-state index contributed by atoms with van der Waals surface area (Å²) in [5.41, 5.74) is 0.269. The lowest BCUT2D eigenvalue weighted by molar-refractivity contribution is 0.441. The van der Waals surface area contributed by atoms with E-state index in [1.807, 2.05) is 0 Å². The van der Waals surface area contributed by atoms with Crippen LogP contribution in [0.25, 0.3) is 11.1 Å². The van der Waals surface area contributed by atoms with Gasteiger partial charge in [-0.25, -0.2) is 0 Å². The molecule has 0 saturated carbocycles. The van der Waals surface area contributed by atoms with Gasteiger partial charge in [-0.05, 0) is 35.4 Å². The molecule has 2 aromatic rings. The van der Waals surface area contributed by atoms with Crippen LogP contribution in [0.5, 0.6) is 11.5 Å². The summed E-state index contributed by atoms with van der Waals surface area (Å²) in [5.74, 6) is -1.36. The molecule has 0 amide bonds. The average molecular weight is 346 g/mol. The summed E-state index contributed by atoms with van der Waals surface area (Å²) in [6.07, 6.45) is 0. The van der Waals surface area contributed by atoms with E-state index in [1.54, 1.807) is 0 Å². The quantitative estimate of drug-likeness (QED) is 0.607. The van der Waals surface area contributed by atoms with Gasteiger partial charge < -0.3 is 10.2 Å². The predicted molar refractivity (Wildman–Crippen MR) is 74.8 cm³/mol. The number of phenols is 2. The Balaban J connectivity index is 2.69. The molecular formula is C12H10O8S2. The largest absolute Gasteiger partial charge is 0.506 e. The van der Waals surface area contributed by atoms with Gasteiger partial charge in [-0.3, -0.25) is 9.11 Å². The molecule has 0 bridgehead atoms. The highest BCUT2D eigenvalue weighted by Crippen LogP contribution is 2.32. The topological polar surface area (TPSA) is 149 Å². The first-order valence-electron chi connectivity index (χ1n) is 5.61. The van der Waals surface area contributed by atoms with Crippen molar-refractivity contribution in [1.29, 1.82) is 0 Å². The number of aromatic hydroxyl groups is 2. The van der Waals surface area contributed by atoms with Crippen LogP contribution in [0.2, 0.25) is 0 Å². The third kappa shape index (κ3) is 3.20. The zero-order chi connectivity index (χ0) is 16.7. The first-order valence-corrected chi connectivity index (χ1v) is 8.49. The van der Waals surface area contributed by atoms with Crippen LogP contribution in [0.1, 0.15) is 0 Å². The molecule has 0 saturated heterocycles. The maximum atomic E-state index is 11.1. The van der Waals surface area contributed by atoms with Crippen molar-refractivity contribution in [2.75, 3.05) is 0 Å². The zero-order valence-electron chi connectivity index (χ0n) is 10.7. The Kier molecular flexibility index (Phi) is 3.87. The maximum Gasteiger partial charge on any atom is 0.298 e. The second-order valence-corrected chi connectivity index (χ2v) is 7.10. The fourth-order valence-electron chi connectivity index (χ4n) is 1.80. The van der Waals surface area contributed by atoms with E-state index in [0.29, 0.717) is 0 Å². The highest BCUT2D eigenvalue weighted by Gasteiger charge is 2.19. The second kappa shape index (κ2) is 5.25. The first-order chi connectivity index (χ1) is 10.00. The molecule has 22 heavy (non-hydrogen) atoms. The van der Waals surface area contributed by atoms with Gasteiger partial charge in [0.25, 0.3) is 20.2 Å². The summed E-state index contributed by atoms with van der Waals surface area (Å²) in [7, 11) is -9.36. The van der Waals surface area contributed by atoms with Crippen molar-refractivity contribution < 1.29 is 36.2 Å². The molecular weight excluding hydrogens is 336 g/mol. The van der Waals surface area contributed by atoms with Gasteiger partial charge in [0.15, 0.2) is 0 Å². The smallest absolute Gasteiger partial charge is 0.298 e. The van der Waals surface area contributed by atoms with Gasteiger partial charge in [0.1, 0.15) is 21.3 Å². The monoisotopic (exact) mass is 346 g/mol. The fraction of sp³-hybridized carbons (Fsp3) is 0. The number of rotatable bonds is 3. The molecule has 0 heterocycles. The number of phenolic OH excluding ortho intramolecular Hbond substituents is 2. The predicted octanol–water partition coefficient (Wildman–Crippen LogP) is 1.26. The van der Waals surface area contributed by atoms with Crippen molar-refractivity contribution in [3.05, 3.63) is 36.4 Å². The normalized spacial score (nSPS) is 12.3. The van der Waals surface area contributed by atoms with E-state index >= 15 is 0 Å². The highest BCUT2D eigenvalue weighted by molar-refractivity contribution is 7.86. The second-order valence-electron chi connectivity index (χ2n) is 4.32. The van der Waals surface area contributed by atoms with Crippen LogP contribution in [0.15, 0.2) is 46.2 Å². The summed E-state index contributed by atoms with van der Waals surface area (Å²) >= 11 is 0. The minimum Gasteiger partial charge on any atom is -0.506 e. The molecule has 2 aromatic carbocycles. The van der Waals surface area contributed by atoms with Crippen molar-refractivity contribution >= 4 is 20.2 Å². The van der Waals surface area contributed by atoms with Crippen LogP contribution in [-0.4, -0.2) is 36.2 Å². The summed E-state index contributed by atoms with van der Waals surface area (Å²) in [6, 6.07) is 6.38. The van der Waals surface area contributed by atoms with Gasteiger partial charge in [0, 0.05) is 0 Å². The Hall–Kier alpha value is -2.14. The molecule has 118 valence electrons. The van der Waals surface area contributed by atoms with E-state index in [9.17, 15) is 27.0 Å². The van der Waals surface area contributed by atoms with E-state index in [1.165, 1.54) is 12.1 Å². The maximum absolute atomic E-state index is 11.1. The van der Waals surface area contributed by atoms with Crippen molar-refractivity contribution in [3.8, 4) is 22.6 Å². The van der Waals surface area contributed by atoms with E-state index in [-0.39, 0.29) is 11.1 Å². The standard InChI is InChI=1S/C12H10O8S2/c13-9-3-1-7(5-11(9)21(15,16)17)8-2-4-10(14)12(6-8)22(18,19)20/h1-6,13-14H,(H,15,16,17)(H,18,19,20). The van der Waals surface area contributed by atoms with Crippen molar-refractivity contribution in [1.82, 2.24) is 0 Å². The lowest BCUT2D eigenvalue weighted by Crippen LogP contribution is -2.00. The van der Waals surface area contributed by atoms with Gasteiger partial charge in [-0.15, -0.1) is 0 Å². The first kappa shape index (κ1) is 16.2. The molecule has 0 aliphatic rings. The molecule has 0 aromatic heterocycles.